The van der Waals surface area contributed by atoms with E-state index in [-0.39, 0.29) is 13.0 Å². The van der Waals surface area contributed by atoms with Crippen LogP contribution in [0.25, 0.3) is 21.9 Å². The van der Waals surface area contributed by atoms with Crippen LogP contribution >= 0.6 is 0 Å². The van der Waals surface area contributed by atoms with Crippen molar-refractivity contribution in [2.45, 2.75) is 38.9 Å². The van der Waals surface area contributed by atoms with Crippen LogP contribution in [-0.2, 0) is 0 Å². The number of ether oxygens (including phenoxy) is 2. The van der Waals surface area contributed by atoms with Crippen LogP contribution in [0.1, 0.15) is 38.4 Å². The van der Waals surface area contributed by atoms with Crippen molar-refractivity contribution >= 4 is 22.3 Å². The molecule has 38 heavy (non-hydrogen) atoms. The fourth-order valence-electron chi connectivity index (χ4n) is 6.24. The Balaban J connectivity index is 1.36. The van der Waals surface area contributed by atoms with Crippen LogP contribution in [-0.4, -0.2) is 37.5 Å². The zero-order chi connectivity index (χ0) is 25.6. The summed E-state index contributed by atoms with van der Waals surface area (Å²) in [4.78, 5) is 10.3. The fourth-order valence-corrected chi connectivity index (χ4v) is 6.24. The Morgan fingerprint density at radius 2 is 1.71 bits per heavy atom. The molecule has 0 saturated carbocycles. The quantitative estimate of drug-likeness (QED) is 0.340. The molecule has 4 heterocycles. The molecule has 1 unspecified atom stereocenters. The third kappa shape index (κ3) is 4.04. The summed E-state index contributed by atoms with van der Waals surface area (Å²) in [6.07, 6.45) is 4.32. The first kappa shape index (κ1) is 23.4. The molecule has 0 bridgehead atoms. The number of aromatic nitrogens is 1. The van der Waals surface area contributed by atoms with Gasteiger partial charge in [-0.2, -0.15) is 0 Å². The van der Waals surface area contributed by atoms with Crippen molar-refractivity contribution < 1.29 is 9.47 Å². The number of fused-ring (bicyclic) bond motifs is 3. The van der Waals surface area contributed by atoms with Crippen LogP contribution < -0.4 is 24.6 Å². The maximum atomic E-state index is 5.80. The van der Waals surface area contributed by atoms with Crippen LogP contribution in [0.5, 0.6) is 11.5 Å². The second-order valence-electron chi connectivity index (χ2n) is 11.0. The van der Waals surface area contributed by atoms with Crippen molar-refractivity contribution in [3.63, 3.8) is 0 Å². The molecule has 0 amide bonds. The number of hydrogen-bond acceptors (Lipinski definition) is 6. The second-order valence-corrected chi connectivity index (χ2v) is 11.0. The fraction of sp³-hybridized carbons (Fsp3) is 0.344. The minimum absolute atomic E-state index is 0.0596. The molecule has 6 nitrogen and oxygen atoms in total. The lowest BCUT2D eigenvalue weighted by atomic mass is 10.0. The summed E-state index contributed by atoms with van der Waals surface area (Å²) in [5, 5.41) is 6.05. The molecule has 3 aliphatic heterocycles. The third-order valence-corrected chi connectivity index (χ3v) is 8.00. The first-order valence-corrected chi connectivity index (χ1v) is 13.8. The molecule has 6 heteroatoms. The lowest BCUT2D eigenvalue weighted by Crippen LogP contribution is -2.47. The van der Waals surface area contributed by atoms with E-state index in [0.717, 1.165) is 55.4 Å². The Bertz CT molecular complexity index is 1480. The van der Waals surface area contributed by atoms with Gasteiger partial charge < -0.3 is 24.6 Å². The van der Waals surface area contributed by atoms with Gasteiger partial charge in [-0.15, -0.1) is 0 Å². The highest BCUT2D eigenvalue weighted by atomic mass is 16.7. The van der Waals surface area contributed by atoms with Gasteiger partial charge in [0.15, 0.2) is 17.3 Å². The molecule has 1 aromatic heterocycles. The van der Waals surface area contributed by atoms with Crippen molar-refractivity contribution in [2.24, 2.45) is 5.92 Å². The van der Waals surface area contributed by atoms with E-state index in [2.05, 4.69) is 102 Å². The Morgan fingerprint density at radius 3 is 2.55 bits per heavy atom. The van der Waals surface area contributed by atoms with Crippen LogP contribution in [0, 0.1) is 5.92 Å². The number of piperidine rings is 1. The molecule has 7 rings (SSSR count). The van der Waals surface area contributed by atoms with Gasteiger partial charge in [0.05, 0.1) is 5.69 Å². The molecule has 0 spiro atoms. The van der Waals surface area contributed by atoms with E-state index in [1.807, 2.05) is 0 Å². The lowest BCUT2D eigenvalue weighted by Gasteiger charge is -2.40. The van der Waals surface area contributed by atoms with Crippen LogP contribution in [0.3, 0.4) is 0 Å². The molecule has 0 radical (unpaired) electrons. The van der Waals surface area contributed by atoms with E-state index in [1.54, 1.807) is 0 Å². The van der Waals surface area contributed by atoms with E-state index in [0.29, 0.717) is 12.0 Å². The number of nitrogens with zero attached hydrogens (tertiary/aromatic N) is 3. The second kappa shape index (κ2) is 9.52. The minimum atomic E-state index is 0.0596. The first-order chi connectivity index (χ1) is 18.7. The van der Waals surface area contributed by atoms with Crippen molar-refractivity contribution in [3.05, 3.63) is 78.5 Å². The number of pyridine rings is 1. The number of rotatable bonds is 5. The van der Waals surface area contributed by atoms with Gasteiger partial charge in [0.1, 0.15) is 6.17 Å². The van der Waals surface area contributed by atoms with Gasteiger partial charge in [0, 0.05) is 24.3 Å². The van der Waals surface area contributed by atoms with E-state index in [4.69, 9.17) is 14.5 Å². The van der Waals surface area contributed by atoms with Crippen molar-refractivity contribution in [1.29, 1.82) is 0 Å². The lowest BCUT2D eigenvalue weighted by molar-refractivity contribution is 0.174. The first-order valence-electron chi connectivity index (χ1n) is 13.8. The van der Waals surface area contributed by atoms with Gasteiger partial charge in [-0.05, 0) is 78.0 Å². The average Bonchev–Trinajstić information content (AvgIpc) is 3.55. The van der Waals surface area contributed by atoms with Crippen LogP contribution in [0.4, 0.5) is 11.5 Å². The predicted octanol–water partition coefficient (Wildman–Crippen LogP) is 6.36. The molecule has 194 valence electrons. The van der Waals surface area contributed by atoms with E-state index in [9.17, 15) is 0 Å². The van der Waals surface area contributed by atoms with Gasteiger partial charge >= 0.3 is 0 Å². The predicted molar refractivity (Wildman–Crippen MR) is 153 cm³/mol. The topological polar surface area (TPSA) is 49.9 Å². The molecule has 1 N–H and O–H groups in total. The Labute approximate surface area is 224 Å². The van der Waals surface area contributed by atoms with E-state index < -0.39 is 0 Å². The average molecular weight is 507 g/mol. The molecule has 3 aromatic carbocycles. The molecule has 1 fully saturated rings. The van der Waals surface area contributed by atoms with Crippen molar-refractivity contribution in [1.82, 2.24) is 10.3 Å². The molecular weight excluding hydrogens is 472 g/mol. The molecule has 4 aromatic rings. The number of nitrogens with one attached hydrogen (secondary N) is 1. The zero-order valence-corrected chi connectivity index (χ0v) is 22.1. The standard InChI is InChI=1S/C32H34N4O2/c1-21(2)19-35-28-16-26(24-8-7-22-5-3-4-6-23(22)15-24)18-34-31(28)36(27-11-13-33-14-12-27)32(35)25-9-10-29-30(17-25)38-20-37-29/h3-10,15-18,21,27,32-33H,11-14,19-20H2,1-2H3. The molecule has 0 aliphatic carbocycles. The highest BCUT2D eigenvalue weighted by Crippen LogP contribution is 2.50. The Morgan fingerprint density at radius 1 is 0.895 bits per heavy atom. The Hall–Kier alpha value is -3.77. The minimum Gasteiger partial charge on any atom is -0.454 e. The molecule has 3 aliphatic rings. The van der Waals surface area contributed by atoms with Gasteiger partial charge in [-0.3, -0.25) is 0 Å². The van der Waals surface area contributed by atoms with Gasteiger partial charge in [0.2, 0.25) is 6.79 Å². The normalized spacial score (nSPS) is 19.0. The summed E-state index contributed by atoms with van der Waals surface area (Å²) in [6.45, 7) is 7.88. The Kier molecular flexibility index (Phi) is 5.85. The number of benzene rings is 3. The maximum absolute atomic E-state index is 5.80. The maximum Gasteiger partial charge on any atom is 0.231 e. The summed E-state index contributed by atoms with van der Waals surface area (Å²) in [5.74, 6) is 3.24. The monoisotopic (exact) mass is 506 g/mol. The van der Waals surface area contributed by atoms with E-state index in [1.165, 1.54) is 27.6 Å². The molecule has 1 saturated heterocycles. The largest absolute Gasteiger partial charge is 0.454 e. The summed E-state index contributed by atoms with van der Waals surface area (Å²) >= 11 is 0. The summed E-state index contributed by atoms with van der Waals surface area (Å²) in [6, 6.07) is 24.4. The van der Waals surface area contributed by atoms with E-state index >= 15 is 0 Å². The zero-order valence-electron chi connectivity index (χ0n) is 22.1. The summed E-state index contributed by atoms with van der Waals surface area (Å²) < 4.78 is 11.4. The number of anilines is 2. The van der Waals surface area contributed by atoms with Crippen LogP contribution in [0.15, 0.2) is 72.9 Å². The SMILES string of the molecule is CC(C)CN1c2cc(-c3ccc4ccccc4c3)cnc2N(C2CCNCC2)C1c1ccc2c(c1)OCO2. The van der Waals surface area contributed by atoms with Gasteiger partial charge in [-0.25, -0.2) is 4.98 Å². The third-order valence-electron chi connectivity index (χ3n) is 8.00. The summed E-state index contributed by atoms with van der Waals surface area (Å²) in [7, 11) is 0. The highest BCUT2D eigenvalue weighted by molar-refractivity contribution is 5.88. The van der Waals surface area contributed by atoms with Crippen molar-refractivity contribution in [3.8, 4) is 22.6 Å². The molecular formula is C32H34N4O2. The molecule has 1 atom stereocenters. The van der Waals surface area contributed by atoms with Crippen molar-refractivity contribution in [2.75, 3.05) is 36.2 Å². The number of hydrogen-bond donors (Lipinski definition) is 1. The van der Waals surface area contributed by atoms with Gasteiger partial charge in [-0.1, -0.05) is 56.3 Å². The van der Waals surface area contributed by atoms with Crippen LogP contribution in [0.2, 0.25) is 0 Å². The van der Waals surface area contributed by atoms with Gasteiger partial charge in [0.25, 0.3) is 0 Å². The summed E-state index contributed by atoms with van der Waals surface area (Å²) in [5.41, 5.74) is 4.78. The highest BCUT2D eigenvalue weighted by Gasteiger charge is 2.42. The smallest absolute Gasteiger partial charge is 0.231 e.